The first-order chi connectivity index (χ1) is 8.78. The number of nitrogens with zero attached hydrogens (tertiary/aromatic N) is 1. The second-order valence-electron chi connectivity index (χ2n) is 6.27. The average Bonchev–Trinajstić information content (AvgIpc) is 2.69. The third-order valence-corrected chi connectivity index (χ3v) is 2.75. The first-order valence-electron chi connectivity index (χ1n) is 6.96. The highest BCUT2D eigenvalue weighted by Gasteiger charge is 2.10. The van der Waals surface area contributed by atoms with Crippen molar-refractivity contribution in [3.8, 4) is 0 Å². The van der Waals surface area contributed by atoms with Crippen molar-refractivity contribution in [3.05, 3.63) is 24.0 Å². The van der Waals surface area contributed by atoms with Gasteiger partial charge in [-0.1, -0.05) is 0 Å². The van der Waals surface area contributed by atoms with Gasteiger partial charge < -0.3 is 15.2 Å². The Kier molecular flexibility index (Phi) is 5.60. The fourth-order valence-electron chi connectivity index (χ4n) is 1.80. The van der Waals surface area contributed by atoms with Gasteiger partial charge in [0.1, 0.15) is 0 Å². The Labute approximate surface area is 116 Å². The van der Waals surface area contributed by atoms with Crippen molar-refractivity contribution in [1.29, 1.82) is 0 Å². The molecule has 1 aromatic heterocycles. The first-order valence-corrected chi connectivity index (χ1v) is 6.96. The number of aromatic nitrogens is 1. The second-order valence-corrected chi connectivity index (χ2v) is 6.27. The summed E-state index contributed by atoms with van der Waals surface area (Å²) in [5.41, 5.74) is 1.32. The molecule has 1 rings (SSSR count). The van der Waals surface area contributed by atoms with E-state index in [0.29, 0.717) is 6.42 Å². The van der Waals surface area contributed by atoms with Crippen molar-refractivity contribution < 1.29 is 4.79 Å². The van der Waals surface area contributed by atoms with Crippen LogP contribution in [-0.4, -0.2) is 22.1 Å². The molecule has 0 unspecified atom stereocenters. The number of carbonyl (C=O) groups is 1. The fourth-order valence-corrected chi connectivity index (χ4v) is 1.80. The number of amides is 1. The number of rotatable bonds is 6. The molecule has 4 nitrogen and oxygen atoms in total. The van der Waals surface area contributed by atoms with E-state index in [9.17, 15) is 4.79 Å². The topological polar surface area (TPSA) is 46.1 Å². The van der Waals surface area contributed by atoms with Crippen LogP contribution in [-0.2, 0) is 17.9 Å². The minimum Gasteiger partial charge on any atom is -0.354 e. The van der Waals surface area contributed by atoms with Gasteiger partial charge >= 0.3 is 0 Å². The van der Waals surface area contributed by atoms with E-state index in [2.05, 4.69) is 42.0 Å². The smallest absolute Gasteiger partial charge is 0.221 e. The number of aryl methyl sites for hydroxylation is 1. The lowest BCUT2D eigenvalue weighted by atomic mass is 10.1. The summed E-state index contributed by atoms with van der Waals surface area (Å²) in [6.07, 6.45) is 2.55. The van der Waals surface area contributed by atoms with E-state index in [4.69, 9.17) is 0 Å². The van der Waals surface area contributed by atoms with Crippen LogP contribution in [0.2, 0.25) is 0 Å². The van der Waals surface area contributed by atoms with Crippen LogP contribution in [0.4, 0.5) is 0 Å². The van der Waals surface area contributed by atoms with Crippen molar-refractivity contribution in [2.75, 3.05) is 0 Å². The molecule has 0 fully saturated rings. The Morgan fingerprint density at radius 1 is 1.37 bits per heavy atom. The molecule has 0 aliphatic carbocycles. The first kappa shape index (κ1) is 15.8. The third-order valence-electron chi connectivity index (χ3n) is 2.75. The van der Waals surface area contributed by atoms with Crippen molar-refractivity contribution in [3.63, 3.8) is 0 Å². The summed E-state index contributed by atoms with van der Waals surface area (Å²) in [5, 5.41) is 6.38. The number of nitrogens with one attached hydrogen (secondary N) is 2. The predicted octanol–water partition coefficient (Wildman–Crippen LogP) is 2.29. The Balaban J connectivity index is 2.47. The standard InChI is InChI=1S/C15H27N3O/c1-12(2)17-14(19)8-10-18-9-6-7-13(18)11-16-15(3,4)5/h6-7,9,12,16H,8,10-11H2,1-5H3,(H,17,19). The number of carbonyl (C=O) groups excluding carboxylic acids is 1. The SMILES string of the molecule is CC(C)NC(=O)CCn1cccc1CNC(C)(C)C. The average molecular weight is 265 g/mol. The van der Waals surface area contributed by atoms with Crippen molar-refractivity contribution in [2.24, 2.45) is 0 Å². The highest BCUT2D eigenvalue weighted by Crippen LogP contribution is 2.07. The lowest BCUT2D eigenvalue weighted by Crippen LogP contribution is -2.35. The van der Waals surface area contributed by atoms with Crippen LogP contribution in [0.15, 0.2) is 18.3 Å². The van der Waals surface area contributed by atoms with Crippen molar-refractivity contribution in [1.82, 2.24) is 15.2 Å². The van der Waals surface area contributed by atoms with E-state index in [0.717, 1.165) is 13.1 Å². The van der Waals surface area contributed by atoms with Gasteiger partial charge in [0.05, 0.1) is 0 Å². The van der Waals surface area contributed by atoms with E-state index in [-0.39, 0.29) is 17.5 Å². The maximum atomic E-state index is 11.6. The minimum atomic E-state index is 0.101. The van der Waals surface area contributed by atoms with Crippen LogP contribution in [0.3, 0.4) is 0 Å². The summed E-state index contributed by atoms with van der Waals surface area (Å²) in [6, 6.07) is 4.33. The van der Waals surface area contributed by atoms with Gasteiger partial charge in [0, 0.05) is 43.0 Å². The molecule has 0 aliphatic rings. The lowest BCUT2D eigenvalue weighted by molar-refractivity contribution is -0.121. The molecule has 0 aromatic carbocycles. The van der Waals surface area contributed by atoms with Crippen LogP contribution >= 0.6 is 0 Å². The highest BCUT2D eigenvalue weighted by atomic mass is 16.1. The maximum absolute atomic E-state index is 11.6. The quantitative estimate of drug-likeness (QED) is 0.829. The van der Waals surface area contributed by atoms with Gasteiger partial charge in [-0.05, 0) is 46.8 Å². The molecule has 1 amide bonds. The molecule has 0 saturated carbocycles. The van der Waals surface area contributed by atoms with Gasteiger partial charge in [-0.15, -0.1) is 0 Å². The van der Waals surface area contributed by atoms with E-state index < -0.39 is 0 Å². The molecule has 0 spiro atoms. The van der Waals surface area contributed by atoms with E-state index >= 15 is 0 Å². The summed E-state index contributed by atoms with van der Waals surface area (Å²) in [5.74, 6) is 0.110. The largest absolute Gasteiger partial charge is 0.354 e. The van der Waals surface area contributed by atoms with Gasteiger partial charge in [-0.2, -0.15) is 0 Å². The Morgan fingerprint density at radius 2 is 2.05 bits per heavy atom. The molecule has 0 radical (unpaired) electrons. The summed E-state index contributed by atoms with van der Waals surface area (Å²) < 4.78 is 2.14. The second kappa shape index (κ2) is 6.75. The summed E-state index contributed by atoms with van der Waals surface area (Å²) in [6.45, 7) is 12.0. The lowest BCUT2D eigenvalue weighted by Gasteiger charge is -2.21. The number of hydrogen-bond acceptors (Lipinski definition) is 2. The number of hydrogen-bond donors (Lipinski definition) is 2. The van der Waals surface area contributed by atoms with Crippen LogP contribution in [0.1, 0.15) is 46.7 Å². The third kappa shape index (κ3) is 6.43. The molecule has 2 N–H and O–H groups in total. The molecular weight excluding hydrogens is 238 g/mol. The molecule has 1 heterocycles. The molecule has 4 heteroatoms. The Hall–Kier alpha value is -1.29. The van der Waals surface area contributed by atoms with Gasteiger partial charge in [-0.25, -0.2) is 0 Å². The maximum Gasteiger partial charge on any atom is 0.221 e. The zero-order valence-electron chi connectivity index (χ0n) is 12.8. The molecular formula is C15H27N3O. The monoisotopic (exact) mass is 265 g/mol. The highest BCUT2D eigenvalue weighted by molar-refractivity contribution is 5.76. The van der Waals surface area contributed by atoms with Crippen LogP contribution in [0.25, 0.3) is 0 Å². The van der Waals surface area contributed by atoms with Gasteiger partial charge in [-0.3, -0.25) is 4.79 Å². The molecule has 19 heavy (non-hydrogen) atoms. The zero-order chi connectivity index (χ0) is 14.5. The molecule has 1 aromatic rings. The summed E-state index contributed by atoms with van der Waals surface area (Å²) >= 11 is 0. The molecule has 0 atom stereocenters. The zero-order valence-corrected chi connectivity index (χ0v) is 12.8. The fraction of sp³-hybridized carbons (Fsp3) is 0.667. The molecule has 108 valence electrons. The van der Waals surface area contributed by atoms with Gasteiger partial charge in [0.15, 0.2) is 0 Å². The summed E-state index contributed by atoms with van der Waals surface area (Å²) in [4.78, 5) is 11.6. The normalized spacial score (nSPS) is 11.9. The predicted molar refractivity (Wildman–Crippen MR) is 78.9 cm³/mol. The van der Waals surface area contributed by atoms with E-state index in [1.165, 1.54) is 5.69 Å². The van der Waals surface area contributed by atoms with Crippen LogP contribution in [0, 0.1) is 0 Å². The molecule has 0 aliphatic heterocycles. The van der Waals surface area contributed by atoms with Gasteiger partial charge in [0.25, 0.3) is 0 Å². The Morgan fingerprint density at radius 3 is 2.63 bits per heavy atom. The van der Waals surface area contributed by atoms with Gasteiger partial charge in [0.2, 0.25) is 5.91 Å². The van der Waals surface area contributed by atoms with Crippen molar-refractivity contribution >= 4 is 5.91 Å². The summed E-state index contributed by atoms with van der Waals surface area (Å²) in [7, 11) is 0. The minimum absolute atomic E-state index is 0.101. The van der Waals surface area contributed by atoms with E-state index in [1.807, 2.05) is 26.1 Å². The Bertz CT molecular complexity index is 402. The van der Waals surface area contributed by atoms with E-state index in [1.54, 1.807) is 0 Å². The van der Waals surface area contributed by atoms with Crippen molar-refractivity contribution in [2.45, 2.75) is 65.7 Å². The van der Waals surface area contributed by atoms with Crippen LogP contribution in [0.5, 0.6) is 0 Å². The molecule has 0 saturated heterocycles. The molecule has 0 bridgehead atoms. The van der Waals surface area contributed by atoms with Crippen LogP contribution < -0.4 is 10.6 Å².